The molecule has 128 valence electrons. The second-order valence-corrected chi connectivity index (χ2v) is 5.73. The van der Waals surface area contributed by atoms with Crippen LogP contribution >= 0.6 is 0 Å². The molecule has 1 atom stereocenters. The maximum atomic E-state index is 10.9. The van der Waals surface area contributed by atoms with Crippen LogP contribution in [0.3, 0.4) is 0 Å². The van der Waals surface area contributed by atoms with Crippen molar-refractivity contribution >= 4 is 5.97 Å². The summed E-state index contributed by atoms with van der Waals surface area (Å²) in [4.78, 5) is 10.9. The molecule has 0 amide bonds. The largest absolute Gasteiger partial charge is 0.469 e. The molecule has 0 radical (unpaired) electrons. The molecule has 1 N–H and O–H groups in total. The number of hydrogen-bond donors (Lipinski definition) is 1. The summed E-state index contributed by atoms with van der Waals surface area (Å²) in [5.41, 5.74) is 0. The third kappa shape index (κ3) is 15.3. The topological polar surface area (TPSA) is 46.5 Å². The molecule has 0 fully saturated rings. The van der Waals surface area contributed by atoms with Crippen LogP contribution in [0.2, 0.25) is 0 Å². The number of carbonyl (C=O) groups is 1. The van der Waals surface area contributed by atoms with Gasteiger partial charge in [0.1, 0.15) is 0 Å². The lowest BCUT2D eigenvalue weighted by molar-refractivity contribution is -0.140. The number of methoxy groups -OCH3 is 1. The summed E-state index contributed by atoms with van der Waals surface area (Å²) in [6.45, 7) is 2.19. The van der Waals surface area contributed by atoms with E-state index in [9.17, 15) is 9.90 Å². The molecular formula is C19H34O3. The molecule has 0 rings (SSSR count). The average molecular weight is 310 g/mol. The fourth-order valence-corrected chi connectivity index (χ4v) is 2.21. The molecule has 0 aromatic carbocycles. The van der Waals surface area contributed by atoms with Crippen molar-refractivity contribution < 1.29 is 14.6 Å². The van der Waals surface area contributed by atoms with E-state index in [1.165, 1.54) is 32.8 Å². The molecule has 0 aromatic rings. The SMILES string of the molecule is CCCCC/C=C\[C@@H](O)/C=C\CCCCCCCC(=O)OC. The quantitative estimate of drug-likeness (QED) is 0.281. The Kier molecular flexibility index (Phi) is 15.5. The van der Waals surface area contributed by atoms with Crippen LogP contribution in [0.1, 0.15) is 77.6 Å². The Labute approximate surface area is 136 Å². The van der Waals surface area contributed by atoms with Crippen LogP contribution in [0.5, 0.6) is 0 Å². The molecular weight excluding hydrogens is 276 g/mol. The van der Waals surface area contributed by atoms with E-state index in [0.717, 1.165) is 38.5 Å². The lowest BCUT2D eigenvalue weighted by Crippen LogP contribution is -1.99. The number of hydrogen-bond acceptors (Lipinski definition) is 3. The predicted molar refractivity (Wildman–Crippen MR) is 92.8 cm³/mol. The summed E-state index contributed by atoms with van der Waals surface area (Å²) < 4.78 is 4.60. The Morgan fingerprint density at radius 3 is 2.09 bits per heavy atom. The van der Waals surface area contributed by atoms with Crippen LogP contribution < -0.4 is 0 Å². The number of rotatable bonds is 14. The first kappa shape index (κ1) is 20.9. The first-order valence-corrected chi connectivity index (χ1v) is 8.79. The van der Waals surface area contributed by atoms with Gasteiger partial charge in [0.05, 0.1) is 13.2 Å². The molecule has 0 bridgehead atoms. The molecule has 0 saturated heterocycles. The molecule has 0 saturated carbocycles. The molecule has 0 aliphatic heterocycles. The van der Waals surface area contributed by atoms with Gasteiger partial charge in [-0.05, 0) is 32.1 Å². The highest BCUT2D eigenvalue weighted by atomic mass is 16.5. The lowest BCUT2D eigenvalue weighted by atomic mass is 10.1. The van der Waals surface area contributed by atoms with Crippen molar-refractivity contribution in [3.05, 3.63) is 24.3 Å². The third-order valence-electron chi connectivity index (χ3n) is 3.62. The van der Waals surface area contributed by atoms with Crippen molar-refractivity contribution in [3.63, 3.8) is 0 Å². The van der Waals surface area contributed by atoms with Crippen molar-refractivity contribution in [3.8, 4) is 0 Å². The Morgan fingerprint density at radius 1 is 0.955 bits per heavy atom. The number of esters is 1. The van der Waals surface area contributed by atoms with Gasteiger partial charge in [0.25, 0.3) is 0 Å². The number of aliphatic hydroxyl groups excluding tert-OH is 1. The minimum absolute atomic E-state index is 0.111. The normalized spacial score (nSPS) is 13.0. The zero-order valence-electron chi connectivity index (χ0n) is 14.4. The van der Waals surface area contributed by atoms with E-state index < -0.39 is 6.10 Å². The molecule has 0 heterocycles. The Balaban J connectivity index is 3.40. The molecule has 0 aromatic heterocycles. The van der Waals surface area contributed by atoms with E-state index in [1.54, 1.807) is 0 Å². The van der Waals surface area contributed by atoms with Crippen molar-refractivity contribution in [1.29, 1.82) is 0 Å². The van der Waals surface area contributed by atoms with Gasteiger partial charge >= 0.3 is 5.97 Å². The average Bonchev–Trinajstić information content (AvgIpc) is 2.52. The molecule has 0 unspecified atom stereocenters. The van der Waals surface area contributed by atoms with E-state index in [2.05, 4.69) is 23.8 Å². The predicted octanol–water partition coefficient (Wildman–Crippen LogP) is 4.94. The Bertz CT molecular complexity index is 308. The minimum Gasteiger partial charge on any atom is -0.469 e. The van der Waals surface area contributed by atoms with Gasteiger partial charge in [0.15, 0.2) is 0 Å². The van der Waals surface area contributed by atoms with Crippen LogP contribution in [-0.4, -0.2) is 24.3 Å². The summed E-state index contributed by atoms with van der Waals surface area (Å²) in [6, 6.07) is 0. The number of allylic oxidation sites excluding steroid dienone is 2. The summed E-state index contributed by atoms with van der Waals surface area (Å²) in [7, 11) is 1.43. The highest BCUT2D eigenvalue weighted by Crippen LogP contribution is 2.08. The highest BCUT2D eigenvalue weighted by molar-refractivity contribution is 5.68. The monoisotopic (exact) mass is 310 g/mol. The third-order valence-corrected chi connectivity index (χ3v) is 3.62. The van der Waals surface area contributed by atoms with Crippen LogP contribution in [-0.2, 0) is 9.53 Å². The second kappa shape index (κ2) is 16.3. The van der Waals surface area contributed by atoms with Gasteiger partial charge in [-0.2, -0.15) is 0 Å². The zero-order valence-corrected chi connectivity index (χ0v) is 14.4. The van der Waals surface area contributed by atoms with Crippen LogP contribution in [0.25, 0.3) is 0 Å². The van der Waals surface area contributed by atoms with Crippen LogP contribution in [0.15, 0.2) is 24.3 Å². The number of carbonyl (C=O) groups excluding carboxylic acids is 1. The van der Waals surface area contributed by atoms with E-state index in [4.69, 9.17) is 0 Å². The van der Waals surface area contributed by atoms with Crippen molar-refractivity contribution in [2.75, 3.05) is 7.11 Å². The van der Waals surface area contributed by atoms with Gasteiger partial charge < -0.3 is 9.84 Å². The van der Waals surface area contributed by atoms with Gasteiger partial charge in [-0.25, -0.2) is 0 Å². The highest BCUT2D eigenvalue weighted by Gasteiger charge is 1.98. The van der Waals surface area contributed by atoms with E-state index in [1.807, 2.05) is 12.2 Å². The molecule has 3 nitrogen and oxygen atoms in total. The van der Waals surface area contributed by atoms with Gasteiger partial charge in [0, 0.05) is 6.42 Å². The standard InChI is InChI=1S/C19H34O3/c1-3-4-5-9-12-15-18(20)16-13-10-7-6-8-11-14-17-19(21)22-2/h12-13,15-16,18,20H,3-11,14,17H2,1-2H3/b15-12-,16-13-/t18-/m1/s1. The van der Waals surface area contributed by atoms with Crippen molar-refractivity contribution in [2.24, 2.45) is 0 Å². The zero-order chi connectivity index (χ0) is 16.5. The van der Waals surface area contributed by atoms with Crippen molar-refractivity contribution in [2.45, 2.75) is 83.7 Å². The lowest BCUT2D eigenvalue weighted by Gasteiger charge is -2.01. The first-order chi connectivity index (χ1) is 10.7. The van der Waals surface area contributed by atoms with Crippen LogP contribution in [0, 0.1) is 0 Å². The van der Waals surface area contributed by atoms with Gasteiger partial charge in [-0.1, -0.05) is 63.3 Å². The van der Waals surface area contributed by atoms with Gasteiger partial charge in [0.2, 0.25) is 0 Å². The maximum Gasteiger partial charge on any atom is 0.305 e. The molecule has 0 aliphatic carbocycles. The van der Waals surface area contributed by atoms with Gasteiger partial charge in [-0.15, -0.1) is 0 Å². The molecule has 0 aliphatic rings. The summed E-state index contributed by atoms with van der Waals surface area (Å²) >= 11 is 0. The number of ether oxygens (including phenoxy) is 1. The van der Waals surface area contributed by atoms with E-state index in [-0.39, 0.29) is 5.97 Å². The Hall–Kier alpha value is -1.09. The van der Waals surface area contributed by atoms with Gasteiger partial charge in [-0.3, -0.25) is 4.79 Å². The summed E-state index contributed by atoms with van der Waals surface area (Å²) in [5, 5.41) is 9.74. The van der Waals surface area contributed by atoms with E-state index >= 15 is 0 Å². The smallest absolute Gasteiger partial charge is 0.305 e. The fraction of sp³-hybridized carbons (Fsp3) is 0.737. The second-order valence-electron chi connectivity index (χ2n) is 5.73. The van der Waals surface area contributed by atoms with Crippen molar-refractivity contribution in [1.82, 2.24) is 0 Å². The molecule has 3 heteroatoms. The summed E-state index contributed by atoms with van der Waals surface area (Å²) in [6.07, 6.45) is 19.2. The first-order valence-electron chi connectivity index (χ1n) is 8.79. The van der Waals surface area contributed by atoms with Crippen LogP contribution in [0.4, 0.5) is 0 Å². The fourth-order valence-electron chi connectivity index (χ4n) is 2.21. The number of aliphatic hydroxyl groups is 1. The van der Waals surface area contributed by atoms with E-state index in [0.29, 0.717) is 6.42 Å². The molecule has 0 spiro atoms. The number of unbranched alkanes of at least 4 members (excludes halogenated alkanes) is 8. The Morgan fingerprint density at radius 2 is 1.50 bits per heavy atom. The minimum atomic E-state index is -0.443. The summed E-state index contributed by atoms with van der Waals surface area (Å²) in [5.74, 6) is -0.111. The maximum absolute atomic E-state index is 10.9. The molecule has 22 heavy (non-hydrogen) atoms.